The molecule has 0 bridgehead atoms. The van der Waals surface area contributed by atoms with Gasteiger partial charge in [-0.1, -0.05) is 6.07 Å². The first-order chi connectivity index (χ1) is 8.39. The Hall–Kier alpha value is -1.43. The molecule has 0 spiro atoms. The van der Waals surface area contributed by atoms with E-state index in [-0.39, 0.29) is 4.75 Å². The third-order valence-electron chi connectivity index (χ3n) is 2.16. The van der Waals surface area contributed by atoms with Gasteiger partial charge in [0.15, 0.2) is 5.96 Å². The Balaban J connectivity index is 2.42. The van der Waals surface area contributed by atoms with Gasteiger partial charge in [-0.15, -0.1) is 0 Å². The van der Waals surface area contributed by atoms with Crippen molar-refractivity contribution in [3.05, 3.63) is 24.4 Å². The SMILES string of the molecule is CC(C)(C)S(=O)CCN=C(N)Nc1ccccn1. The lowest BCUT2D eigenvalue weighted by Gasteiger charge is -2.16. The molecule has 1 aromatic rings. The van der Waals surface area contributed by atoms with Gasteiger partial charge in [-0.25, -0.2) is 4.98 Å². The van der Waals surface area contributed by atoms with Gasteiger partial charge in [0.25, 0.3) is 0 Å². The minimum atomic E-state index is -0.906. The van der Waals surface area contributed by atoms with Crippen molar-refractivity contribution in [1.82, 2.24) is 4.98 Å². The molecule has 5 nitrogen and oxygen atoms in total. The largest absolute Gasteiger partial charge is 0.370 e. The van der Waals surface area contributed by atoms with Gasteiger partial charge in [0, 0.05) is 27.5 Å². The number of anilines is 1. The number of nitrogens with one attached hydrogen (secondary N) is 1. The first-order valence-electron chi connectivity index (χ1n) is 5.76. The van der Waals surface area contributed by atoms with Gasteiger partial charge < -0.3 is 11.1 Å². The molecule has 0 aliphatic carbocycles. The number of aliphatic imine (C=N–C) groups is 1. The lowest BCUT2D eigenvalue weighted by atomic mass is 10.3. The van der Waals surface area contributed by atoms with Crippen molar-refractivity contribution < 1.29 is 4.21 Å². The van der Waals surface area contributed by atoms with Gasteiger partial charge in [0.05, 0.1) is 6.54 Å². The van der Waals surface area contributed by atoms with Crippen LogP contribution in [0.5, 0.6) is 0 Å². The monoisotopic (exact) mass is 268 g/mol. The maximum Gasteiger partial charge on any atom is 0.194 e. The Bertz CT molecular complexity index is 425. The molecule has 1 aromatic heterocycles. The van der Waals surface area contributed by atoms with Crippen LogP contribution in [0.15, 0.2) is 29.4 Å². The lowest BCUT2D eigenvalue weighted by molar-refractivity contribution is 0.648. The average Bonchev–Trinajstić information content (AvgIpc) is 2.28. The molecule has 0 aromatic carbocycles. The highest BCUT2D eigenvalue weighted by Crippen LogP contribution is 2.10. The summed E-state index contributed by atoms with van der Waals surface area (Å²) in [6.45, 7) is 6.28. The summed E-state index contributed by atoms with van der Waals surface area (Å²) >= 11 is 0. The summed E-state index contributed by atoms with van der Waals surface area (Å²) in [6.07, 6.45) is 1.67. The van der Waals surface area contributed by atoms with E-state index < -0.39 is 10.8 Å². The highest BCUT2D eigenvalue weighted by Gasteiger charge is 2.18. The number of guanidine groups is 1. The van der Waals surface area contributed by atoms with E-state index in [4.69, 9.17) is 5.73 Å². The summed E-state index contributed by atoms with van der Waals surface area (Å²) < 4.78 is 11.6. The first-order valence-corrected chi connectivity index (χ1v) is 7.08. The van der Waals surface area contributed by atoms with E-state index in [2.05, 4.69) is 15.3 Å². The van der Waals surface area contributed by atoms with Crippen LogP contribution in [0.25, 0.3) is 0 Å². The Kier molecular flexibility index (Phi) is 5.27. The summed E-state index contributed by atoms with van der Waals surface area (Å²) in [5.41, 5.74) is 5.70. The van der Waals surface area contributed by atoms with Crippen molar-refractivity contribution in [3.63, 3.8) is 0 Å². The maximum atomic E-state index is 11.8. The second-order valence-corrected chi connectivity index (χ2v) is 7.09. The normalized spacial score (nSPS) is 14.3. The molecule has 0 saturated heterocycles. The second kappa shape index (κ2) is 6.49. The molecule has 0 radical (unpaired) electrons. The smallest absolute Gasteiger partial charge is 0.194 e. The molecule has 0 saturated carbocycles. The van der Waals surface area contributed by atoms with Crippen molar-refractivity contribution in [2.75, 3.05) is 17.6 Å². The molecule has 0 aliphatic rings. The number of pyridine rings is 1. The molecule has 0 aliphatic heterocycles. The van der Waals surface area contributed by atoms with Crippen LogP contribution in [-0.2, 0) is 10.8 Å². The Morgan fingerprint density at radius 2 is 2.22 bits per heavy atom. The van der Waals surface area contributed by atoms with Crippen LogP contribution in [0.4, 0.5) is 5.82 Å². The highest BCUT2D eigenvalue weighted by molar-refractivity contribution is 7.86. The van der Waals surface area contributed by atoms with Gasteiger partial charge in [-0.2, -0.15) is 0 Å². The van der Waals surface area contributed by atoms with Crippen LogP contribution < -0.4 is 11.1 Å². The first kappa shape index (κ1) is 14.6. The van der Waals surface area contributed by atoms with E-state index in [1.165, 1.54) is 0 Å². The third kappa shape index (κ3) is 5.27. The minimum Gasteiger partial charge on any atom is -0.370 e. The molecule has 0 amide bonds. The topological polar surface area (TPSA) is 80.4 Å². The van der Waals surface area contributed by atoms with Crippen LogP contribution >= 0.6 is 0 Å². The maximum absolute atomic E-state index is 11.8. The predicted octanol–water partition coefficient (Wildman–Crippen LogP) is 1.36. The van der Waals surface area contributed by atoms with Gasteiger partial charge in [0.2, 0.25) is 0 Å². The van der Waals surface area contributed by atoms with Crippen molar-refractivity contribution in [3.8, 4) is 0 Å². The molecular weight excluding hydrogens is 248 g/mol. The highest BCUT2D eigenvalue weighted by atomic mass is 32.2. The van der Waals surface area contributed by atoms with Crippen LogP contribution in [0.1, 0.15) is 20.8 Å². The zero-order chi connectivity index (χ0) is 13.6. The van der Waals surface area contributed by atoms with Gasteiger partial charge in [-0.3, -0.25) is 9.20 Å². The quantitative estimate of drug-likeness (QED) is 0.638. The van der Waals surface area contributed by atoms with Crippen molar-refractivity contribution in [2.24, 2.45) is 10.7 Å². The summed E-state index contributed by atoms with van der Waals surface area (Å²) in [5, 5.41) is 2.87. The Morgan fingerprint density at radius 1 is 1.50 bits per heavy atom. The molecule has 100 valence electrons. The Labute approximate surface area is 110 Å². The number of nitrogens with zero attached hydrogens (tertiary/aromatic N) is 2. The third-order valence-corrected chi connectivity index (χ3v) is 4.08. The molecule has 0 fully saturated rings. The summed E-state index contributed by atoms with van der Waals surface area (Å²) in [4.78, 5) is 8.19. The minimum absolute atomic E-state index is 0.210. The van der Waals surface area contributed by atoms with E-state index in [0.717, 1.165) is 0 Å². The predicted molar refractivity (Wildman–Crippen MR) is 77.1 cm³/mol. The van der Waals surface area contributed by atoms with Gasteiger partial charge in [-0.05, 0) is 32.9 Å². The van der Waals surface area contributed by atoms with Crippen LogP contribution in [0, 0.1) is 0 Å². The fourth-order valence-corrected chi connectivity index (χ4v) is 2.03. The fourth-order valence-electron chi connectivity index (χ4n) is 1.16. The van der Waals surface area contributed by atoms with Gasteiger partial charge >= 0.3 is 0 Å². The van der Waals surface area contributed by atoms with E-state index in [1.807, 2.05) is 32.9 Å². The molecule has 1 heterocycles. The lowest BCUT2D eigenvalue weighted by Crippen LogP contribution is -2.27. The molecule has 6 heteroatoms. The van der Waals surface area contributed by atoms with E-state index in [9.17, 15) is 4.21 Å². The van der Waals surface area contributed by atoms with Crippen molar-refractivity contribution in [1.29, 1.82) is 0 Å². The molecule has 3 N–H and O–H groups in total. The van der Waals surface area contributed by atoms with Crippen molar-refractivity contribution in [2.45, 2.75) is 25.5 Å². The van der Waals surface area contributed by atoms with E-state index in [0.29, 0.717) is 24.1 Å². The number of aromatic nitrogens is 1. The van der Waals surface area contributed by atoms with Crippen LogP contribution in [0.2, 0.25) is 0 Å². The molecule has 18 heavy (non-hydrogen) atoms. The van der Waals surface area contributed by atoms with E-state index >= 15 is 0 Å². The Morgan fingerprint density at radius 3 is 2.78 bits per heavy atom. The number of rotatable bonds is 4. The molecule has 1 rings (SSSR count). The summed E-state index contributed by atoms with van der Waals surface area (Å²) in [5.74, 6) is 1.45. The molecule has 1 atom stereocenters. The van der Waals surface area contributed by atoms with Crippen LogP contribution in [0.3, 0.4) is 0 Å². The molecule has 1 unspecified atom stereocenters. The van der Waals surface area contributed by atoms with Gasteiger partial charge in [0.1, 0.15) is 5.82 Å². The van der Waals surface area contributed by atoms with Crippen molar-refractivity contribution >= 4 is 22.6 Å². The standard InChI is InChI=1S/C12H20N4OS/c1-12(2,3)18(17)9-8-15-11(13)16-10-6-4-5-7-14-10/h4-7H,8-9H2,1-3H3,(H3,13,14,15,16). The molecular formula is C12H20N4OS. The zero-order valence-corrected chi connectivity index (χ0v) is 11.8. The van der Waals surface area contributed by atoms with Crippen LogP contribution in [-0.4, -0.2) is 32.2 Å². The number of hydrogen-bond acceptors (Lipinski definition) is 3. The van der Waals surface area contributed by atoms with E-state index in [1.54, 1.807) is 12.3 Å². The number of hydrogen-bond donors (Lipinski definition) is 2. The summed E-state index contributed by atoms with van der Waals surface area (Å²) in [6, 6.07) is 5.48. The fraction of sp³-hybridized carbons (Fsp3) is 0.500. The summed E-state index contributed by atoms with van der Waals surface area (Å²) in [7, 11) is -0.906. The zero-order valence-electron chi connectivity index (χ0n) is 11.0. The number of nitrogens with two attached hydrogens (primary N) is 1. The second-order valence-electron chi connectivity index (χ2n) is 4.77. The average molecular weight is 268 g/mol.